The average Bonchev–Trinajstić information content (AvgIpc) is 2.33. The maximum atomic E-state index is 13.3. The third kappa shape index (κ3) is 5.26. The van der Waals surface area contributed by atoms with E-state index in [4.69, 9.17) is 4.74 Å². The van der Waals surface area contributed by atoms with Crippen molar-refractivity contribution in [1.29, 1.82) is 0 Å². The summed E-state index contributed by atoms with van der Waals surface area (Å²) in [6.07, 6.45) is 0. The van der Waals surface area contributed by atoms with Gasteiger partial charge in [0.2, 0.25) is 0 Å². The monoisotopic (exact) mass is 269 g/mol. The van der Waals surface area contributed by atoms with Crippen LogP contribution < -0.4 is 4.74 Å². The molecule has 106 valence electrons. The summed E-state index contributed by atoms with van der Waals surface area (Å²) in [5.74, 6) is -0.733. The lowest BCUT2D eigenvalue weighted by atomic mass is 10.1. The largest absolute Gasteiger partial charge is 0.481 e. The summed E-state index contributed by atoms with van der Waals surface area (Å²) in [6, 6.07) is 5.93. The van der Waals surface area contributed by atoms with Crippen LogP contribution in [0.25, 0.3) is 0 Å². The first-order valence-corrected chi connectivity index (χ1v) is 6.21. The summed E-state index contributed by atoms with van der Waals surface area (Å²) in [4.78, 5) is 13.4. The van der Waals surface area contributed by atoms with Crippen molar-refractivity contribution in [2.75, 3.05) is 19.7 Å². The van der Waals surface area contributed by atoms with Crippen molar-refractivity contribution in [3.05, 3.63) is 30.1 Å². The highest BCUT2D eigenvalue weighted by molar-refractivity contribution is 5.77. The molecule has 1 amide bonds. The Bertz CT molecular complexity index is 429. The van der Waals surface area contributed by atoms with Gasteiger partial charge in [-0.1, -0.05) is 12.1 Å². The van der Waals surface area contributed by atoms with Crippen molar-refractivity contribution in [3.8, 4) is 5.75 Å². The lowest BCUT2D eigenvalue weighted by molar-refractivity contribution is -0.136. The summed E-state index contributed by atoms with van der Waals surface area (Å²) in [7, 11) is 0. The smallest absolute Gasteiger partial charge is 0.260 e. The first kappa shape index (κ1) is 15.4. The number of ether oxygens (including phenoxy) is 1. The normalized spacial score (nSPS) is 11.2. The number of para-hydroxylation sites is 1. The molecule has 5 heteroatoms. The van der Waals surface area contributed by atoms with Gasteiger partial charge in [0.25, 0.3) is 5.91 Å². The lowest BCUT2D eigenvalue weighted by Crippen LogP contribution is -2.44. The van der Waals surface area contributed by atoms with Crippen molar-refractivity contribution in [3.63, 3.8) is 0 Å². The Morgan fingerprint density at radius 2 is 2.05 bits per heavy atom. The fourth-order valence-corrected chi connectivity index (χ4v) is 1.64. The van der Waals surface area contributed by atoms with Crippen molar-refractivity contribution >= 4 is 5.91 Å². The van der Waals surface area contributed by atoms with Crippen molar-refractivity contribution in [2.24, 2.45) is 0 Å². The van der Waals surface area contributed by atoms with Crippen LogP contribution in [0.5, 0.6) is 5.75 Å². The molecule has 0 saturated heterocycles. The third-order valence-electron chi connectivity index (χ3n) is 2.50. The number of halogens is 1. The second-order valence-corrected chi connectivity index (χ2v) is 4.94. The molecular weight excluding hydrogens is 249 g/mol. The summed E-state index contributed by atoms with van der Waals surface area (Å²) in [5, 5.41) is 9.70. The number of benzene rings is 1. The Kier molecular flexibility index (Phi) is 5.30. The van der Waals surface area contributed by atoms with Crippen LogP contribution in [-0.4, -0.2) is 41.2 Å². The molecule has 1 aromatic carbocycles. The molecule has 0 heterocycles. The van der Waals surface area contributed by atoms with Crippen LogP contribution in [0.1, 0.15) is 20.8 Å². The number of rotatable bonds is 6. The molecule has 0 atom stereocenters. The molecule has 1 N–H and O–H groups in total. The fraction of sp³-hybridized carbons (Fsp3) is 0.500. The number of carbonyl (C=O) groups is 1. The summed E-state index contributed by atoms with van der Waals surface area (Å²) < 4.78 is 18.5. The minimum Gasteiger partial charge on any atom is -0.481 e. The van der Waals surface area contributed by atoms with Crippen LogP contribution >= 0.6 is 0 Å². The lowest BCUT2D eigenvalue weighted by Gasteiger charge is -2.28. The minimum atomic E-state index is -0.969. The topological polar surface area (TPSA) is 49.8 Å². The van der Waals surface area contributed by atoms with Crippen molar-refractivity contribution < 1.29 is 19.0 Å². The Morgan fingerprint density at radius 1 is 1.42 bits per heavy atom. The van der Waals surface area contributed by atoms with Crippen molar-refractivity contribution in [2.45, 2.75) is 26.4 Å². The van der Waals surface area contributed by atoms with Gasteiger partial charge in [0.05, 0.1) is 5.60 Å². The first-order valence-electron chi connectivity index (χ1n) is 6.21. The third-order valence-corrected chi connectivity index (χ3v) is 2.50. The van der Waals surface area contributed by atoms with Gasteiger partial charge in [0, 0.05) is 13.1 Å². The van der Waals surface area contributed by atoms with Gasteiger partial charge >= 0.3 is 0 Å². The molecule has 1 aromatic rings. The van der Waals surface area contributed by atoms with E-state index >= 15 is 0 Å². The number of likely N-dealkylation sites (N-methyl/N-ethyl adjacent to an activating group) is 1. The summed E-state index contributed by atoms with van der Waals surface area (Å²) >= 11 is 0. The standard InChI is InChI=1S/C14H20FNO3/c1-4-16(10-14(2,3)18)13(17)9-19-12-8-6-5-7-11(12)15/h5-8,18H,4,9-10H2,1-3H3. The Balaban J connectivity index is 2.57. The Hall–Kier alpha value is -1.62. The molecule has 0 spiro atoms. The molecule has 0 bridgehead atoms. The SMILES string of the molecule is CCN(CC(C)(C)O)C(=O)COc1ccccc1F. The van der Waals surface area contributed by atoms with E-state index < -0.39 is 11.4 Å². The fourth-order valence-electron chi connectivity index (χ4n) is 1.64. The zero-order chi connectivity index (χ0) is 14.5. The molecule has 0 aliphatic rings. The van der Waals surface area contributed by atoms with Crippen LogP contribution in [-0.2, 0) is 4.79 Å². The highest BCUT2D eigenvalue weighted by Crippen LogP contribution is 2.15. The molecule has 0 aliphatic heterocycles. The minimum absolute atomic E-state index is 0.0511. The van der Waals surface area contributed by atoms with E-state index in [1.54, 1.807) is 26.0 Å². The molecule has 0 aliphatic carbocycles. The second-order valence-electron chi connectivity index (χ2n) is 4.94. The van der Waals surface area contributed by atoms with Crippen LogP contribution in [0, 0.1) is 5.82 Å². The van der Waals surface area contributed by atoms with Gasteiger partial charge in [0.1, 0.15) is 0 Å². The maximum Gasteiger partial charge on any atom is 0.260 e. The number of aliphatic hydroxyl groups is 1. The number of carbonyl (C=O) groups excluding carboxylic acids is 1. The predicted molar refractivity (Wildman–Crippen MR) is 70.4 cm³/mol. The Labute approximate surface area is 112 Å². The highest BCUT2D eigenvalue weighted by Gasteiger charge is 2.21. The summed E-state index contributed by atoms with van der Waals surface area (Å²) in [6.45, 7) is 5.49. The quantitative estimate of drug-likeness (QED) is 0.857. The van der Waals surface area contributed by atoms with Gasteiger partial charge in [-0.3, -0.25) is 4.79 Å². The molecular formula is C14H20FNO3. The number of amides is 1. The molecule has 0 aromatic heterocycles. The molecule has 0 saturated carbocycles. The zero-order valence-electron chi connectivity index (χ0n) is 11.5. The molecule has 1 rings (SSSR count). The second kappa shape index (κ2) is 6.52. The zero-order valence-corrected chi connectivity index (χ0v) is 11.5. The van der Waals surface area contributed by atoms with Crippen LogP contribution in [0.3, 0.4) is 0 Å². The van der Waals surface area contributed by atoms with Gasteiger partial charge in [-0.2, -0.15) is 0 Å². The molecule has 0 radical (unpaired) electrons. The van der Waals surface area contributed by atoms with E-state index in [1.165, 1.54) is 17.0 Å². The van der Waals surface area contributed by atoms with E-state index in [0.29, 0.717) is 6.54 Å². The molecule has 4 nitrogen and oxygen atoms in total. The van der Waals surface area contributed by atoms with Crippen LogP contribution in [0.4, 0.5) is 4.39 Å². The van der Waals surface area contributed by atoms with E-state index in [9.17, 15) is 14.3 Å². The van der Waals surface area contributed by atoms with E-state index in [1.807, 2.05) is 6.92 Å². The molecule has 0 fully saturated rings. The average molecular weight is 269 g/mol. The highest BCUT2D eigenvalue weighted by atomic mass is 19.1. The van der Waals surface area contributed by atoms with Crippen molar-refractivity contribution in [1.82, 2.24) is 4.90 Å². The van der Waals surface area contributed by atoms with E-state index in [0.717, 1.165) is 0 Å². The predicted octanol–water partition coefficient (Wildman–Crippen LogP) is 1.82. The van der Waals surface area contributed by atoms with Crippen LogP contribution in [0.15, 0.2) is 24.3 Å². The number of hydrogen-bond acceptors (Lipinski definition) is 3. The number of nitrogens with zero attached hydrogens (tertiary/aromatic N) is 1. The van der Waals surface area contributed by atoms with E-state index in [2.05, 4.69) is 0 Å². The van der Waals surface area contributed by atoms with Gasteiger partial charge in [-0.05, 0) is 32.9 Å². The molecule has 19 heavy (non-hydrogen) atoms. The summed E-state index contributed by atoms with van der Waals surface area (Å²) in [5.41, 5.74) is -0.969. The van der Waals surface area contributed by atoms with Gasteiger partial charge in [-0.15, -0.1) is 0 Å². The van der Waals surface area contributed by atoms with Gasteiger partial charge < -0.3 is 14.7 Å². The number of hydrogen-bond donors (Lipinski definition) is 1. The van der Waals surface area contributed by atoms with Crippen LogP contribution in [0.2, 0.25) is 0 Å². The maximum absolute atomic E-state index is 13.3. The van der Waals surface area contributed by atoms with Gasteiger partial charge in [0.15, 0.2) is 18.2 Å². The van der Waals surface area contributed by atoms with Gasteiger partial charge in [-0.25, -0.2) is 4.39 Å². The van der Waals surface area contributed by atoms with E-state index in [-0.39, 0.29) is 24.8 Å². The first-order chi connectivity index (χ1) is 8.83. The Morgan fingerprint density at radius 3 is 2.58 bits per heavy atom. The molecule has 0 unspecified atom stereocenters.